The molecule has 0 saturated heterocycles. The Bertz CT molecular complexity index is 85.2. The second-order valence-electron chi connectivity index (χ2n) is 1.08. The Hall–Kier alpha value is -0.970. The molecule has 0 heterocycles. The number of terminal acetylenes is 1. The first-order valence-electron chi connectivity index (χ1n) is 2.28. The summed E-state index contributed by atoms with van der Waals surface area (Å²) in [5.41, 5.74) is 0. The van der Waals surface area contributed by atoms with Crippen LogP contribution in [0.2, 0.25) is 0 Å². The van der Waals surface area contributed by atoms with Crippen molar-refractivity contribution >= 4 is 5.97 Å². The molecule has 0 spiro atoms. The molecule has 0 fully saturated rings. The number of hydrogen-bond donors (Lipinski definition) is 1. The smallest absolute Gasteiger partial charge is 0.300 e. The van der Waals surface area contributed by atoms with Crippen LogP contribution in [0, 0.1) is 12.3 Å². The third-order valence-electron chi connectivity index (χ3n) is 0.204. The summed E-state index contributed by atoms with van der Waals surface area (Å²) < 4.78 is 0. The van der Waals surface area contributed by atoms with E-state index in [1.54, 1.807) is 0 Å². The van der Waals surface area contributed by atoms with Crippen molar-refractivity contribution in [2.45, 2.75) is 20.3 Å². The van der Waals surface area contributed by atoms with E-state index in [2.05, 4.69) is 5.92 Å². The van der Waals surface area contributed by atoms with E-state index < -0.39 is 5.97 Å². The van der Waals surface area contributed by atoms with Crippen LogP contribution in [0.5, 0.6) is 0 Å². The zero-order chi connectivity index (χ0) is 6.99. The van der Waals surface area contributed by atoms with Gasteiger partial charge in [0.2, 0.25) is 0 Å². The maximum absolute atomic E-state index is 9.00. The molecule has 46 valence electrons. The van der Waals surface area contributed by atoms with E-state index >= 15 is 0 Å². The molecule has 0 saturated carbocycles. The average molecular weight is 114 g/mol. The number of carboxylic acids is 1. The van der Waals surface area contributed by atoms with Crippen molar-refractivity contribution in [3.63, 3.8) is 0 Å². The summed E-state index contributed by atoms with van der Waals surface area (Å²) >= 11 is 0. The highest BCUT2D eigenvalue weighted by Crippen LogP contribution is 1.58. The van der Waals surface area contributed by atoms with Crippen LogP contribution in [-0.4, -0.2) is 11.1 Å². The number of rotatable bonds is 0. The van der Waals surface area contributed by atoms with Crippen molar-refractivity contribution in [3.8, 4) is 12.3 Å². The molecule has 0 atom stereocenters. The van der Waals surface area contributed by atoms with Crippen molar-refractivity contribution in [1.29, 1.82) is 0 Å². The SMILES string of the molecule is C#CCC.CC(=O)O. The van der Waals surface area contributed by atoms with Crippen LogP contribution in [0.15, 0.2) is 0 Å². The lowest BCUT2D eigenvalue weighted by atomic mass is 10.5. The van der Waals surface area contributed by atoms with Gasteiger partial charge < -0.3 is 5.11 Å². The van der Waals surface area contributed by atoms with Gasteiger partial charge in [-0.2, -0.15) is 0 Å². The van der Waals surface area contributed by atoms with E-state index in [9.17, 15) is 0 Å². The minimum atomic E-state index is -0.833. The predicted molar refractivity (Wildman–Crippen MR) is 32.4 cm³/mol. The number of aliphatic carboxylic acids is 1. The fourth-order valence-electron chi connectivity index (χ4n) is 0. The second-order valence-corrected chi connectivity index (χ2v) is 1.08. The quantitative estimate of drug-likeness (QED) is 0.479. The number of hydrogen-bond acceptors (Lipinski definition) is 1. The predicted octanol–water partition coefficient (Wildman–Crippen LogP) is 1.12. The first-order chi connectivity index (χ1) is 3.65. The molecule has 0 rings (SSSR count). The molecular formula is C6H10O2. The summed E-state index contributed by atoms with van der Waals surface area (Å²) in [6.07, 6.45) is 5.62. The first-order valence-corrected chi connectivity index (χ1v) is 2.28. The van der Waals surface area contributed by atoms with E-state index in [0.29, 0.717) is 0 Å². The highest BCUT2D eigenvalue weighted by molar-refractivity contribution is 5.62. The first kappa shape index (κ1) is 10.1. The van der Waals surface area contributed by atoms with Gasteiger partial charge in [-0.3, -0.25) is 4.79 Å². The fraction of sp³-hybridized carbons (Fsp3) is 0.500. The Morgan fingerprint density at radius 1 is 1.88 bits per heavy atom. The third kappa shape index (κ3) is 90800. The van der Waals surface area contributed by atoms with Crippen molar-refractivity contribution in [3.05, 3.63) is 0 Å². The molecule has 0 aliphatic carbocycles. The highest BCUT2D eigenvalue weighted by Gasteiger charge is 1.65. The van der Waals surface area contributed by atoms with Crippen LogP contribution in [0.1, 0.15) is 20.3 Å². The largest absolute Gasteiger partial charge is 0.481 e. The fourth-order valence-corrected chi connectivity index (χ4v) is 0. The Balaban J connectivity index is 0. The third-order valence-corrected chi connectivity index (χ3v) is 0.204. The molecule has 0 aliphatic rings. The van der Waals surface area contributed by atoms with E-state index in [4.69, 9.17) is 16.3 Å². The molecular weight excluding hydrogens is 104 g/mol. The second kappa shape index (κ2) is 9.39. The van der Waals surface area contributed by atoms with Gasteiger partial charge in [-0.15, -0.1) is 12.3 Å². The lowest BCUT2D eigenvalue weighted by Crippen LogP contribution is -1.78. The number of carboxylic acid groups (broad SMARTS) is 1. The zero-order valence-electron chi connectivity index (χ0n) is 5.14. The monoisotopic (exact) mass is 114 g/mol. The molecule has 1 N–H and O–H groups in total. The maximum Gasteiger partial charge on any atom is 0.300 e. The Morgan fingerprint density at radius 2 is 2.00 bits per heavy atom. The van der Waals surface area contributed by atoms with Gasteiger partial charge in [0.15, 0.2) is 0 Å². The Morgan fingerprint density at radius 3 is 2.00 bits per heavy atom. The van der Waals surface area contributed by atoms with Crippen LogP contribution < -0.4 is 0 Å². The van der Waals surface area contributed by atoms with Crippen LogP contribution in [-0.2, 0) is 4.79 Å². The maximum atomic E-state index is 9.00. The van der Waals surface area contributed by atoms with Gasteiger partial charge in [-0.25, -0.2) is 0 Å². The molecule has 0 aromatic carbocycles. The normalized spacial score (nSPS) is 5.62. The van der Waals surface area contributed by atoms with Crippen molar-refractivity contribution < 1.29 is 9.90 Å². The van der Waals surface area contributed by atoms with Crippen molar-refractivity contribution in [2.75, 3.05) is 0 Å². The molecule has 0 unspecified atom stereocenters. The van der Waals surface area contributed by atoms with E-state index in [0.717, 1.165) is 13.3 Å². The van der Waals surface area contributed by atoms with Gasteiger partial charge in [0.1, 0.15) is 0 Å². The Kier molecular flexibility index (Phi) is 11.9. The summed E-state index contributed by atoms with van der Waals surface area (Å²) in [5, 5.41) is 7.42. The van der Waals surface area contributed by atoms with Gasteiger partial charge in [0.05, 0.1) is 0 Å². The number of carbonyl (C=O) groups is 1. The summed E-state index contributed by atoms with van der Waals surface area (Å²) in [7, 11) is 0. The molecule has 8 heavy (non-hydrogen) atoms. The molecule has 0 amide bonds. The van der Waals surface area contributed by atoms with Gasteiger partial charge in [-0.1, -0.05) is 6.92 Å². The minimum absolute atomic E-state index is 0.833. The summed E-state index contributed by atoms with van der Waals surface area (Å²) in [5.74, 6) is 1.60. The Labute approximate surface area is 49.5 Å². The molecule has 2 nitrogen and oxygen atoms in total. The lowest BCUT2D eigenvalue weighted by molar-refractivity contribution is -0.134. The zero-order valence-corrected chi connectivity index (χ0v) is 5.14. The lowest BCUT2D eigenvalue weighted by Gasteiger charge is -1.59. The van der Waals surface area contributed by atoms with Crippen molar-refractivity contribution in [1.82, 2.24) is 0 Å². The molecule has 0 aromatic heterocycles. The molecule has 2 heteroatoms. The molecule has 0 radical (unpaired) electrons. The van der Waals surface area contributed by atoms with Gasteiger partial charge in [0.25, 0.3) is 5.97 Å². The standard InChI is InChI=1S/C4H6.C2H4O2/c1-3-4-2;1-2(3)4/h1H,4H2,2H3;1H3,(H,3,4). The van der Waals surface area contributed by atoms with Crippen LogP contribution in [0.25, 0.3) is 0 Å². The minimum Gasteiger partial charge on any atom is -0.481 e. The van der Waals surface area contributed by atoms with Crippen LogP contribution >= 0.6 is 0 Å². The topological polar surface area (TPSA) is 37.3 Å². The summed E-state index contributed by atoms with van der Waals surface area (Å²) in [4.78, 5) is 9.00. The van der Waals surface area contributed by atoms with Crippen LogP contribution in [0.4, 0.5) is 0 Å². The average Bonchev–Trinajstić information content (AvgIpc) is 1.65. The van der Waals surface area contributed by atoms with E-state index in [1.165, 1.54) is 0 Å². The van der Waals surface area contributed by atoms with Gasteiger partial charge >= 0.3 is 0 Å². The summed E-state index contributed by atoms with van der Waals surface area (Å²) in [6.45, 7) is 3.03. The van der Waals surface area contributed by atoms with Crippen molar-refractivity contribution in [2.24, 2.45) is 0 Å². The van der Waals surface area contributed by atoms with E-state index in [1.807, 2.05) is 6.92 Å². The van der Waals surface area contributed by atoms with Gasteiger partial charge in [-0.05, 0) is 0 Å². The summed E-state index contributed by atoms with van der Waals surface area (Å²) in [6, 6.07) is 0. The molecule has 0 bridgehead atoms. The molecule has 0 aliphatic heterocycles. The highest BCUT2D eigenvalue weighted by atomic mass is 16.4. The van der Waals surface area contributed by atoms with E-state index in [-0.39, 0.29) is 0 Å². The van der Waals surface area contributed by atoms with Crippen LogP contribution in [0.3, 0.4) is 0 Å². The molecule has 0 aromatic rings. The van der Waals surface area contributed by atoms with Gasteiger partial charge in [0, 0.05) is 13.3 Å².